The molecule has 1 aromatic carbocycles. The molecule has 3 rings (SSSR count). The first-order chi connectivity index (χ1) is 12.8. The number of hydrogen-bond acceptors (Lipinski definition) is 4. The molecule has 140 valence electrons. The van der Waals surface area contributed by atoms with Crippen molar-refractivity contribution >= 4 is 5.96 Å². The topological polar surface area (TPSA) is 76.4 Å². The molecule has 1 aromatic heterocycles. The Labute approximate surface area is 154 Å². The fraction of sp³-hybridized carbons (Fsp3) is 0.526. The lowest BCUT2D eigenvalue weighted by Gasteiger charge is -2.14. The lowest BCUT2D eigenvalue weighted by molar-refractivity contribution is 0.0646. The van der Waals surface area contributed by atoms with E-state index in [0.717, 1.165) is 50.0 Å². The van der Waals surface area contributed by atoms with Gasteiger partial charge in [0.25, 0.3) is 0 Å². The Morgan fingerprint density at radius 1 is 1.27 bits per heavy atom. The molecule has 7 heteroatoms. The van der Waals surface area contributed by atoms with Crippen molar-refractivity contribution in [2.24, 2.45) is 4.99 Å². The molecule has 0 saturated heterocycles. The Morgan fingerprint density at radius 2 is 2.12 bits per heavy atom. The van der Waals surface area contributed by atoms with Crippen LogP contribution in [0, 0.1) is 0 Å². The van der Waals surface area contributed by atoms with Crippen molar-refractivity contribution in [2.75, 3.05) is 20.2 Å². The van der Waals surface area contributed by atoms with Crippen molar-refractivity contribution in [3.8, 4) is 0 Å². The minimum atomic E-state index is 0.115. The molecule has 0 saturated carbocycles. The Kier molecular flexibility index (Phi) is 6.60. The SMILES string of the molecule is CN=C(NCCCOC(C)c1ccccc1)NCc1nnc2n1CCC2. The largest absolute Gasteiger partial charge is 0.374 e. The zero-order valence-corrected chi connectivity index (χ0v) is 15.6. The van der Waals surface area contributed by atoms with Crippen LogP contribution in [0.25, 0.3) is 0 Å². The predicted octanol–water partition coefficient (Wildman–Crippen LogP) is 2.06. The summed E-state index contributed by atoms with van der Waals surface area (Å²) in [5, 5.41) is 15.1. The molecule has 26 heavy (non-hydrogen) atoms. The van der Waals surface area contributed by atoms with Crippen molar-refractivity contribution < 1.29 is 4.74 Å². The Hall–Kier alpha value is -2.41. The summed E-state index contributed by atoms with van der Waals surface area (Å²) in [5.74, 6) is 2.84. The van der Waals surface area contributed by atoms with E-state index in [4.69, 9.17) is 4.74 Å². The van der Waals surface area contributed by atoms with E-state index in [1.807, 2.05) is 18.2 Å². The Bertz CT molecular complexity index is 712. The summed E-state index contributed by atoms with van der Waals surface area (Å²) in [6.07, 6.45) is 3.22. The molecule has 1 atom stereocenters. The fourth-order valence-electron chi connectivity index (χ4n) is 3.08. The molecule has 0 aliphatic carbocycles. The highest BCUT2D eigenvalue weighted by Gasteiger charge is 2.17. The van der Waals surface area contributed by atoms with Crippen LogP contribution >= 0.6 is 0 Å². The molecule has 2 heterocycles. The molecule has 1 unspecified atom stereocenters. The van der Waals surface area contributed by atoms with Crippen molar-refractivity contribution in [1.29, 1.82) is 0 Å². The fourth-order valence-corrected chi connectivity index (χ4v) is 3.08. The van der Waals surface area contributed by atoms with E-state index < -0.39 is 0 Å². The molecular formula is C19H28N6O. The maximum Gasteiger partial charge on any atom is 0.191 e. The Morgan fingerprint density at radius 3 is 2.92 bits per heavy atom. The average molecular weight is 356 g/mol. The quantitative estimate of drug-likeness (QED) is 0.430. The lowest BCUT2D eigenvalue weighted by Crippen LogP contribution is -2.38. The summed E-state index contributed by atoms with van der Waals surface area (Å²) in [4.78, 5) is 4.26. The van der Waals surface area contributed by atoms with Gasteiger partial charge in [0.05, 0.1) is 12.6 Å². The summed E-state index contributed by atoms with van der Waals surface area (Å²) < 4.78 is 8.08. The van der Waals surface area contributed by atoms with Crippen molar-refractivity contribution in [3.05, 3.63) is 47.5 Å². The number of nitrogens with one attached hydrogen (secondary N) is 2. The highest BCUT2D eigenvalue weighted by Crippen LogP contribution is 2.16. The molecule has 0 spiro atoms. The van der Waals surface area contributed by atoms with E-state index in [1.54, 1.807) is 7.05 Å². The molecule has 1 aliphatic heterocycles. The zero-order valence-electron chi connectivity index (χ0n) is 15.6. The smallest absolute Gasteiger partial charge is 0.191 e. The summed E-state index contributed by atoms with van der Waals surface area (Å²) in [7, 11) is 1.78. The standard InChI is InChI=1S/C19H28N6O/c1-15(16-8-4-3-5-9-16)26-13-7-11-21-19(20-2)22-14-18-24-23-17-10-6-12-25(17)18/h3-5,8-9,15H,6-7,10-14H2,1-2H3,(H2,20,21,22). The highest BCUT2D eigenvalue weighted by atomic mass is 16.5. The first-order valence-corrected chi connectivity index (χ1v) is 9.30. The average Bonchev–Trinajstić information content (AvgIpc) is 3.29. The first-order valence-electron chi connectivity index (χ1n) is 9.30. The zero-order chi connectivity index (χ0) is 18.2. The third-order valence-electron chi connectivity index (χ3n) is 4.57. The molecule has 2 N–H and O–H groups in total. The van der Waals surface area contributed by atoms with Crippen LogP contribution < -0.4 is 10.6 Å². The van der Waals surface area contributed by atoms with Gasteiger partial charge in [0.1, 0.15) is 5.82 Å². The predicted molar refractivity (Wildman–Crippen MR) is 102 cm³/mol. The van der Waals surface area contributed by atoms with Gasteiger partial charge < -0.3 is 19.9 Å². The maximum absolute atomic E-state index is 5.89. The van der Waals surface area contributed by atoms with Gasteiger partial charge in [-0.25, -0.2) is 0 Å². The number of fused-ring (bicyclic) bond motifs is 1. The van der Waals surface area contributed by atoms with E-state index in [1.165, 1.54) is 5.56 Å². The highest BCUT2D eigenvalue weighted by molar-refractivity contribution is 5.79. The van der Waals surface area contributed by atoms with Crippen molar-refractivity contribution in [1.82, 2.24) is 25.4 Å². The number of hydrogen-bond donors (Lipinski definition) is 2. The van der Waals surface area contributed by atoms with E-state index in [2.05, 4.69) is 49.4 Å². The molecule has 0 fully saturated rings. The van der Waals surface area contributed by atoms with Crippen LogP contribution in [0.15, 0.2) is 35.3 Å². The van der Waals surface area contributed by atoms with Crippen LogP contribution in [0.1, 0.15) is 43.1 Å². The van der Waals surface area contributed by atoms with Gasteiger partial charge >= 0.3 is 0 Å². The molecule has 0 bridgehead atoms. The monoisotopic (exact) mass is 356 g/mol. The number of aryl methyl sites for hydroxylation is 1. The summed E-state index contributed by atoms with van der Waals surface area (Å²) in [6, 6.07) is 10.3. The van der Waals surface area contributed by atoms with Crippen LogP contribution in [0.5, 0.6) is 0 Å². The van der Waals surface area contributed by atoms with Crippen molar-refractivity contribution in [2.45, 2.75) is 45.4 Å². The minimum Gasteiger partial charge on any atom is -0.374 e. The van der Waals surface area contributed by atoms with E-state index >= 15 is 0 Å². The second-order valence-electron chi connectivity index (χ2n) is 6.42. The summed E-state index contributed by atoms with van der Waals surface area (Å²) in [5.41, 5.74) is 1.21. The normalized spacial score (nSPS) is 14.9. The third-order valence-corrected chi connectivity index (χ3v) is 4.57. The summed E-state index contributed by atoms with van der Waals surface area (Å²) >= 11 is 0. The minimum absolute atomic E-state index is 0.115. The second-order valence-corrected chi connectivity index (χ2v) is 6.42. The van der Waals surface area contributed by atoms with Crippen LogP contribution in [0.2, 0.25) is 0 Å². The van der Waals surface area contributed by atoms with Gasteiger partial charge in [-0.2, -0.15) is 0 Å². The molecule has 7 nitrogen and oxygen atoms in total. The van der Waals surface area contributed by atoms with Crippen LogP contribution in [0.4, 0.5) is 0 Å². The van der Waals surface area contributed by atoms with Crippen molar-refractivity contribution in [3.63, 3.8) is 0 Å². The maximum atomic E-state index is 5.89. The number of aliphatic imine (C=N–C) groups is 1. The van der Waals surface area contributed by atoms with Gasteiger partial charge in [0, 0.05) is 33.2 Å². The molecule has 0 radical (unpaired) electrons. The number of ether oxygens (including phenoxy) is 1. The van der Waals surface area contributed by atoms with Gasteiger partial charge in [-0.3, -0.25) is 4.99 Å². The molecule has 0 amide bonds. The van der Waals surface area contributed by atoms with Gasteiger partial charge in [-0.05, 0) is 25.3 Å². The van der Waals surface area contributed by atoms with Gasteiger partial charge in [0.15, 0.2) is 11.8 Å². The third kappa shape index (κ3) is 4.82. The van der Waals surface area contributed by atoms with Crippen LogP contribution in [-0.2, 0) is 24.2 Å². The number of nitrogens with zero attached hydrogens (tertiary/aromatic N) is 4. The van der Waals surface area contributed by atoms with Gasteiger partial charge in [0.2, 0.25) is 0 Å². The number of rotatable bonds is 8. The lowest BCUT2D eigenvalue weighted by atomic mass is 10.1. The van der Waals surface area contributed by atoms with Gasteiger partial charge in [-0.1, -0.05) is 30.3 Å². The molecular weight excluding hydrogens is 328 g/mol. The number of aromatic nitrogens is 3. The molecule has 2 aromatic rings. The van der Waals surface area contributed by atoms with Crippen LogP contribution in [0.3, 0.4) is 0 Å². The van der Waals surface area contributed by atoms with E-state index in [0.29, 0.717) is 13.2 Å². The van der Waals surface area contributed by atoms with E-state index in [9.17, 15) is 0 Å². The van der Waals surface area contributed by atoms with Gasteiger partial charge in [-0.15, -0.1) is 10.2 Å². The molecule has 1 aliphatic rings. The van der Waals surface area contributed by atoms with E-state index in [-0.39, 0.29) is 6.10 Å². The second kappa shape index (κ2) is 9.33. The summed E-state index contributed by atoms with van der Waals surface area (Å²) in [6.45, 7) is 5.24. The van der Waals surface area contributed by atoms with Crippen LogP contribution in [-0.4, -0.2) is 40.9 Å². The Balaban J connectivity index is 1.33. The first kappa shape index (κ1) is 18.4. The number of guanidine groups is 1. The number of benzene rings is 1.